The predicted octanol–water partition coefficient (Wildman–Crippen LogP) is 4.86. The van der Waals surface area contributed by atoms with E-state index in [4.69, 9.17) is 0 Å². The third-order valence-corrected chi connectivity index (χ3v) is 5.76. The van der Waals surface area contributed by atoms with Gasteiger partial charge >= 0.3 is 0 Å². The highest BCUT2D eigenvalue weighted by atomic mass is 15.2. The summed E-state index contributed by atoms with van der Waals surface area (Å²) in [6, 6.07) is 0. The Labute approximate surface area is 114 Å². The minimum Gasteiger partial charge on any atom is -0.298 e. The number of hydrogen-bond acceptors (Lipinski definition) is 1. The van der Waals surface area contributed by atoms with Gasteiger partial charge in [-0.1, -0.05) is 45.4 Å². The van der Waals surface area contributed by atoms with E-state index in [1.807, 2.05) is 0 Å². The van der Waals surface area contributed by atoms with Crippen LogP contribution in [0.2, 0.25) is 0 Å². The van der Waals surface area contributed by atoms with Gasteiger partial charge < -0.3 is 0 Å². The van der Waals surface area contributed by atoms with Crippen molar-refractivity contribution in [3.63, 3.8) is 0 Å². The average Bonchev–Trinajstić information content (AvgIpc) is 2.49. The quantitative estimate of drug-likeness (QED) is 0.677. The Bertz CT molecular complexity index is 246. The molecule has 0 aromatic rings. The van der Waals surface area contributed by atoms with Gasteiger partial charge in [-0.3, -0.25) is 4.90 Å². The van der Waals surface area contributed by atoms with Crippen LogP contribution in [0.5, 0.6) is 0 Å². The highest BCUT2D eigenvalue weighted by molar-refractivity contribution is 4.88. The summed E-state index contributed by atoms with van der Waals surface area (Å²) in [4.78, 5) is 2.78. The van der Waals surface area contributed by atoms with Crippen molar-refractivity contribution in [1.82, 2.24) is 4.90 Å². The first-order chi connectivity index (χ1) is 8.63. The lowest BCUT2D eigenvalue weighted by molar-refractivity contribution is 0.0288. The molecule has 2 fully saturated rings. The molecule has 0 aromatic carbocycles. The van der Waals surface area contributed by atoms with Gasteiger partial charge in [0.15, 0.2) is 0 Å². The summed E-state index contributed by atoms with van der Waals surface area (Å²) in [5.41, 5.74) is 0.420. The fourth-order valence-electron chi connectivity index (χ4n) is 3.90. The Kier molecular flexibility index (Phi) is 5.12. The number of likely N-dealkylation sites (tertiary alicyclic amines) is 1. The van der Waals surface area contributed by atoms with E-state index in [1.54, 1.807) is 0 Å². The van der Waals surface area contributed by atoms with E-state index in [-0.39, 0.29) is 0 Å². The van der Waals surface area contributed by atoms with Crippen molar-refractivity contribution in [3.05, 3.63) is 0 Å². The van der Waals surface area contributed by atoms with Crippen LogP contribution >= 0.6 is 0 Å². The van der Waals surface area contributed by atoms with E-state index >= 15 is 0 Å². The van der Waals surface area contributed by atoms with Crippen molar-refractivity contribution in [3.8, 4) is 0 Å². The SMILES string of the molecule is CCC(C)(C)N1CCC2CCCCCCCC2C1. The third kappa shape index (κ3) is 3.50. The van der Waals surface area contributed by atoms with Crippen LogP contribution in [0.15, 0.2) is 0 Å². The van der Waals surface area contributed by atoms with E-state index < -0.39 is 0 Å². The molecule has 2 atom stereocenters. The second kappa shape index (κ2) is 6.41. The molecule has 2 aliphatic rings. The van der Waals surface area contributed by atoms with Crippen molar-refractivity contribution >= 4 is 0 Å². The minimum absolute atomic E-state index is 0.420. The first-order valence-electron chi connectivity index (χ1n) is 8.38. The summed E-state index contributed by atoms with van der Waals surface area (Å²) in [5, 5.41) is 0. The van der Waals surface area contributed by atoms with Crippen molar-refractivity contribution in [2.24, 2.45) is 11.8 Å². The molecule has 1 saturated heterocycles. The van der Waals surface area contributed by atoms with Gasteiger partial charge in [-0.25, -0.2) is 0 Å². The number of nitrogens with zero attached hydrogens (tertiary/aromatic N) is 1. The van der Waals surface area contributed by atoms with E-state index in [2.05, 4.69) is 25.7 Å². The zero-order chi connectivity index (χ0) is 13.0. The maximum atomic E-state index is 2.78. The van der Waals surface area contributed by atoms with E-state index in [1.165, 1.54) is 70.9 Å². The lowest BCUT2D eigenvalue weighted by atomic mass is 9.78. The fraction of sp³-hybridized carbons (Fsp3) is 1.00. The molecule has 0 spiro atoms. The molecule has 1 aliphatic carbocycles. The van der Waals surface area contributed by atoms with Gasteiger partial charge in [0.2, 0.25) is 0 Å². The molecule has 0 bridgehead atoms. The van der Waals surface area contributed by atoms with Gasteiger partial charge in [-0.15, -0.1) is 0 Å². The summed E-state index contributed by atoms with van der Waals surface area (Å²) >= 11 is 0. The van der Waals surface area contributed by atoms with Crippen LogP contribution in [0, 0.1) is 11.8 Å². The van der Waals surface area contributed by atoms with Crippen molar-refractivity contribution in [2.45, 2.75) is 84.1 Å². The maximum absolute atomic E-state index is 2.78. The second-order valence-electron chi connectivity index (χ2n) is 7.27. The van der Waals surface area contributed by atoms with Gasteiger partial charge in [0.05, 0.1) is 0 Å². The van der Waals surface area contributed by atoms with Gasteiger partial charge in [0.25, 0.3) is 0 Å². The van der Waals surface area contributed by atoms with E-state index in [0.717, 1.165) is 11.8 Å². The summed E-state index contributed by atoms with van der Waals surface area (Å²) in [7, 11) is 0. The number of hydrogen-bond donors (Lipinski definition) is 0. The molecule has 1 heteroatoms. The Hall–Kier alpha value is -0.0400. The van der Waals surface area contributed by atoms with E-state index in [9.17, 15) is 0 Å². The van der Waals surface area contributed by atoms with Crippen molar-refractivity contribution in [1.29, 1.82) is 0 Å². The molecule has 2 rings (SSSR count). The van der Waals surface area contributed by atoms with Crippen LogP contribution in [-0.4, -0.2) is 23.5 Å². The Morgan fingerprint density at radius 1 is 0.889 bits per heavy atom. The summed E-state index contributed by atoms with van der Waals surface area (Å²) in [6.45, 7) is 9.94. The summed E-state index contributed by atoms with van der Waals surface area (Å²) < 4.78 is 0. The lowest BCUT2D eigenvalue weighted by Gasteiger charge is -2.46. The molecule has 1 saturated carbocycles. The maximum Gasteiger partial charge on any atom is 0.0150 e. The van der Waals surface area contributed by atoms with Gasteiger partial charge in [0.1, 0.15) is 0 Å². The molecular formula is C17H33N. The molecule has 106 valence electrons. The van der Waals surface area contributed by atoms with Crippen LogP contribution in [0.25, 0.3) is 0 Å². The predicted molar refractivity (Wildman–Crippen MR) is 79.9 cm³/mol. The topological polar surface area (TPSA) is 3.24 Å². The smallest absolute Gasteiger partial charge is 0.0150 e. The van der Waals surface area contributed by atoms with Gasteiger partial charge in [-0.05, 0) is 51.5 Å². The van der Waals surface area contributed by atoms with Crippen LogP contribution in [0.3, 0.4) is 0 Å². The highest BCUT2D eigenvalue weighted by Crippen LogP contribution is 2.36. The number of fused-ring (bicyclic) bond motifs is 1. The molecule has 18 heavy (non-hydrogen) atoms. The zero-order valence-corrected chi connectivity index (χ0v) is 12.9. The van der Waals surface area contributed by atoms with Crippen LogP contribution in [-0.2, 0) is 0 Å². The molecule has 2 unspecified atom stereocenters. The summed E-state index contributed by atoms with van der Waals surface area (Å²) in [6.07, 6.45) is 13.2. The van der Waals surface area contributed by atoms with Crippen molar-refractivity contribution < 1.29 is 0 Å². The van der Waals surface area contributed by atoms with E-state index in [0.29, 0.717) is 5.54 Å². The standard InChI is InChI=1S/C17H33N/c1-4-17(2,3)18-13-12-15-10-8-6-5-7-9-11-16(15)14-18/h15-16H,4-14H2,1-3H3. The Morgan fingerprint density at radius 2 is 1.50 bits per heavy atom. The molecule has 1 nitrogen and oxygen atoms in total. The molecular weight excluding hydrogens is 218 g/mol. The third-order valence-electron chi connectivity index (χ3n) is 5.76. The molecule has 0 amide bonds. The number of rotatable bonds is 2. The average molecular weight is 251 g/mol. The van der Waals surface area contributed by atoms with Crippen LogP contribution < -0.4 is 0 Å². The molecule has 0 radical (unpaired) electrons. The largest absolute Gasteiger partial charge is 0.298 e. The first-order valence-corrected chi connectivity index (χ1v) is 8.38. The monoisotopic (exact) mass is 251 g/mol. The summed E-state index contributed by atoms with van der Waals surface area (Å²) in [5.74, 6) is 2.05. The van der Waals surface area contributed by atoms with Gasteiger partial charge in [-0.2, -0.15) is 0 Å². The van der Waals surface area contributed by atoms with Crippen LogP contribution in [0.1, 0.15) is 78.6 Å². The molecule has 1 heterocycles. The normalized spacial score (nSPS) is 32.2. The second-order valence-corrected chi connectivity index (χ2v) is 7.27. The Morgan fingerprint density at radius 3 is 2.17 bits per heavy atom. The Balaban J connectivity index is 1.96. The highest BCUT2D eigenvalue weighted by Gasteiger charge is 2.34. The molecule has 0 aromatic heterocycles. The minimum atomic E-state index is 0.420. The molecule has 1 aliphatic heterocycles. The fourth-order valence-corrected chi connectivity index (χ4v) is 3.90. The van der Waals surface area contributed by atoms with Crippen molar-refractivity contribution in [2.75, 3.05) is 13.1 Å². The van der Waals surface area contributed by atoms with Gasteiger partial charge in [0, 0.05) is 12.1 Å². The molecule has 0 N–H and O–H groups in total. The lowest BCUT2D eigenvalue weighted by Crippen LogP contribution is -2.51. The first kappa shape index (κ1) is 14.4. The van der Waals surface area contributed by atoms with Crippen LogP contribution in [0.4, 0.5) is 0 Å². The zero-order valence-electron chi connectivity index (χ0n) is 12.9. The number of piperidine rings is 1.